The quantitative estimate of drug-likeness (QED) is 0.344. The van der Waals surface area contributed by atoms with Crippen LogP contribution in [-0.4, -0.2) is 12.5 Å². The molecule has 0 aromatic heterocycles. The van der Waals surface area contributed by atoms with Crippen LogP contribution in [0.15, 0.2) is 18.2 Å². The van der Waals surface area contributed by atoms with Crippen LogP contribution in [0.2, 0.25) is 0 Å². The van der Waals surface area contributed by atoms with Gasteiger partial charge in [0.1, 0.15) is 5.82 Å². The zero-order valence-corrected chi connectivity index (χ0v) is 9.83. The van der Waals surface area contributed by atoms with Gasteiger partial charge in [0.05, 0.1) is 6.61 Å². The van der Waals surface area contributed by atoms with Crippen molar-refractivity contribution >= 4 is 5.91 Å². The molecule has 1 rings (SSSR count). The van der Waals surface area contributed by atoms with Crippen molar-refractivity contribution in [2.75, 3.05) is 6.61 Å². The van der Waals surface area contributed by atoms with E-state index in [9.17, 15) is 9.18 Å². The van der Waals surface area contributed by atoms with Crippen molar-refractivity contribution < 1.29 is 13.9 Å². The summed E-state index contributed by atoms with van der Waals surface area (Å²) in [6.07, 6.45) is 1.96. The first-order chi connectivity index (χ1) is 8.19. The van der Waals surface area contributed by atoms with E-state index in [1.807, 2.05) is 5.43 Å². The van der Waals surface area contributed by atoms with E-state index in [-0.39, 0.29) is 12.4 Å². The highest BCUT2D eigenvalue weighted by Gasteiger charge is 2.08. The van der Waals surface area contributed by atoms with Crippen molar-refractivity contribution in [1.29, 1.82) is 0 Å². The molecule has 3 N–H and O–H groups in total. The molecule has 0 saturated heterocycles. The molecular formula is C12H17FN2O2. The summed E-state index contributed by atoms with van der Waals surface area (Å²) >= 11 is 0. The fourth-order valence-corrected chi connectivity index (χ4v) is 1.34. The number of ether oxygens (including phenoxy) is 1. The summed E-state index contributed by atoms with van der Waals surface area (Å²) in [4.78, 5) is 11.3. The van der Waals surface area contributed by atoms with Gasteiger partial charge in [-0.05, 0) is 24.6 Å². The zero-order valence-electron chi connectivity index (χ0n) is 9.83. The van der Waals surface area contributed by atoms with Gasteiger partial charge in [-0.25, -0.2) is 10.2 Å². The molecule has 1 aromatic rings. The van der Waals surface area contributed by atoms with Crippen LogP contribution < -0.4 is 11.3 Å². The van der Waals surface area contributed by atoms with Crippen LogP contribution in [-0.2, 0) is 11.3 Å². The molecule has 0 spiro atoms. The first-order valence-corrected chi connectivity index (χ1v) is 5.56. The molecule has 1 aromatic carbocycles. The fourth-order valence-electron chi connectivity index (χ4n) is 1.34. The van der Waals surface area contributed by atoms with Crippen molar-refractivity contribution in [3.8, 4) is 0 Å². The predicted molar refractivity (Wildman–Crippen MR) is 62.6 cm³/mol. The normalized spacial score (nSPS) is 10.3. The topological polar surface area (TPSA) is 64.3 Å². The maximum Gasteiger partial charge on any atom is 0.265 e. The first-order valence-electron chi connectivity index (χ1n) is 5.56. The van der Waals surface area contributed by atoms with Crippen LogP contribution in [0.4, 0.5) is 4.39 Å². The Labute approximate surface area is 99.9 Å². The summed E-state index contributed by atoms with van der Waals surface area (Å²) in [7, 11) is 0. The van der Waals surface area contributed by atoms with E-state index < -0.39 is 5.91 Å². The molecule has 17 heavy (non-hydrogen) atoms. The second kappa shape index (κ2) is 6.98. The van der Waals surface area contributed by atoms with Gasteiger partial charge in [-0.3, -0.25) is 10.2 Å². The van der Waals surface area contributed by atoms with Crippen molar-refractivity contribution in [3.63, 3.8) is 0 Å². The monoisotopic (exact) mass is 240 g/mol. The number of rotatable bonds is 6. The lowest BCUT2D eigenvalue weighted by atomic mass is 10.1. The number of carbonyl (C=O) groups excluding carboxylic acids is 1. The summed E-state index contributed by atoms with van der Waals surface area (Å²) in [5, 5.41) is 0. The SMILES string of the molecule is CCCCOCc1cc(C(=O)NN)ccc1F. The average molecular weight is 240 g/mol. The van der Waals surface area contributed by atoms with Crippen LogP contribution in [0.1, 0.15) is 35.7 Å². The number of carbonyl (C=O) groups is 1. The molecule has 5 heteroatoms. The van der Waals surface area contributed by atoms with Crippen molar-refractivity contribution in [2.24, 2.45) is 5.84 Å². The second-order valence-corrected chi connectivity index (χ2v) is 3.69. The molecule has 0 aliphatic carbocycles. The van der Waals surface area contributed by atoms with E-state index in [0.29, 0.717) is 17.7 Å². The van der Waals surface area contributed by atoms with Crippen molar-refractivity contribution in [2.45, 2.75) is 26.4 Å². The molecule has 0 saturated carbocycles. The highest BCUT2D eigenvalue weighted by Crippen LogP contribution is 2.12. The second-order valence-electron chi connectivity index (χ2n) is 3.69. The van der Waals surface area contributed by atoms with Gasteiger partial charge in [0, 0.05) is 17.7 Å². The Bertz CT molecular complexity index is 383. The first kappa shape index (κ1) is 13.6. The summed E-state index contributed by atoms with van der Waals surface area (Å²) in [6.45, 7) is 2.80. The molecule has 0 fully saturated rings. The number of amides is 1. The third-order valence-electron chi connectivity index (χ3n) is 2.34. The molecule has 94 valence electrons. The van der Waals surface area contributed by atoms with Gasteiger partial charge in [-0.2, -0.15) is 0 Å². The molecule has 4 nitrogen and oxygen atoms in total. The van der Waals surface area contributed by atoms with Gasteiger partial charge in [-0.1, -0.05) is 13.3 Å². The van der Waals surface area contributed by atoms with Crippen LogP contribution >= 0.6 is 0 Å². The standard InChI is InChI=1S/C12H17FN2O2/c1-2-3-6-17-8-10-7-9(12(16)15-14)4-5-11(10)13/h4-5,7H,2-3,6,8,14H2,1H3,(H,15,16). The maximum absolute atomic E-state index is 13.4. The van der Waals surface area contributed by atoms with E-state index in [0.717, 1.165) is 12.8 Å². The molecule has 0 aliphatic rings. The van der Waals surface area contributed by atoms with Crippen LogP contribution in [0.5, 0.6) is 0 Å². The van der Waals surface area contributed by atoms with Gasteiger partial charge < -0.3 is 4.74 Å². The molecule has 0 atom stereocenters. The third kappa shape index (κ3) is 4.13. The number of benzene rings is 1. The highest BCUT2D eigenvalue weighted by atomic mass is 19.1. The minimum atomic E-state index is -0.445. The van der Waals surface area contributed by atoms with Crippen molar-refractivity contribution in [1.82, 2.24) is 5.43 Å². The number of halogens is 1. The van der Waals surface area contributed by atoms with Crippen LogP contribution in [0, 0.1) is 5.82 Å². The Morgan fingerprint density at radius 3 is 2.94 bits per heavy atom. The van der Waals surface area contributed by atoms with Crippen LogP contribution in [0.25, 0.3) is 0 Å². The molecule has 0 bridgehead atoms. The zero-order chi connectivity index (χ0) is 12.7. The average Bonchev–Trinajstić information content (AvgIpc) is 2.35. The Balaban J connectivity index is 2.66. The molecule has 1 amide bonds. The molecule has 0 heterocycles. The fraction of sp³-hybridized carbons (Fsp3) is 0.417. The van der Waals surface area contributed by atoms with E-state index in [1.165, 1.54) is 18.2 Å². The number of nitrogens with one attached hydrogen (secondary N) is 1. The van der Waals surface area contributed by atoms with Gasteiger partial charge in [-0.15, -0.1) is 0 Å². The van der Waals surface area contributed by atoms with Crippen LogP contribution in [0.3, 0.4) is 0 Å². The smallest absolute Gasteiger partial charge is 0.265 e. The lowest BCUT2D eigenvalue weighted by Crippen LogP contribution is -2.30. The maximum atomic E-state index is 13.4. The number of nitrogen functional groups attached to an aromatic ring is 1. The highest BCUT2D eigenvalue weighted by molar-refractivity contribution is 5.93. The molecular weight excluding hydrogens is 223 g/mol. The number of hydrogen-bond acceptors (Lipinski definition) is 3. The van der Waals surface area contributed by atoms with E-state index >= 15 is 0 Å². The minimum absolute atomic E-state index is 0.164. The van der Waals surface area contributed by atoms with E-state index in [2.05, 4.69) is 6.92 Å². The largest absolute Gasteiger partial charge is 0.377 e. The van der Waals surface area contributed by atoms with Crippen molar-refractivity contribution in [3.05, 3.63) is 35.1 Å². The molecule has 0 aliphatic heterocycles. The van der Waals surface area contributed by atoms with Gasteiger partial charge >= 0.3 is 0 Å². The molecule has 0 radical (unpaired) electrons. The Kier molecular flexibility index (Phi) is 5.59. The number of hydrazine groups is 1. The lowest BCUT2D eigenvalue weighted by Gasteiger charge is -2.07. The Hall–Kier alpha value is -1.46. The minimum Gasteiger partial charge on any atom is -0.377 e. The summed E-state index contributed by atoms with van der Waals surface area (Å²) < 4.78 is 18.7. The Morgan fingerprint density at radius 2 is 2.29 bits per heavy atom. The van der Waals surface area contributed by atoms with E-state index in [4.69, 9.17) is 10.6 Å². The van der Waals surface area contributed by atoms with Gasteiger partial charge in [0.2, 0.25) is 0 Å². The molecule has 0 unspecified atom stereocenters. The Morgan fingerprint density at radius 1 is 1.53 bits per heavy atom. The summed E-state index contributed by atoms with van der Waals surface area (Å²) in [5.41, 5.74) is 2.69. The van der Waals surface area contributed by atoms with E-state index in [1.54, 1.807) is 0 Å². The summed E-state index contributed by atoms with van der Waals surface area (Å²) in [5.74, 6) is 4.18. The third-order valence-corrected chi connectivity index (χ3v) is 2.34. The number of nitrogens with two attached hydrogens (primary N) is 1. The van der Waals surface area contributed by atoms with Gasteiger partial charge in [0.25, 0.3) is 5.91 Å². The lowest BCUT2D eigenvalue weighted by molar-refractivity contribution is 0.0952. The van der Waals surface area contributed by atoms with Gasteiger partial charge in [0.15, 0.2) is 0 Å². The number of hydrogen-bond donors (Lipinski definition) is 2. The summed E-state index contributed by atoms with van der Waals surface area (Å²) in [6, 6.07) is 4.07. The predicted octanol–water partition coefficient (Wildman–Crippen LogP) is 1.75. The number of unbranched alkanes of at least 4 members (excludes halogenated alkanes) is 1.